The van der Waals surface area contributed by atoms with Crippen molar-refractivity contribution >= 4 is 22.9 Å². The van der Waals surface area contributed by atoms with Crippen molar-refractivity contribution in [2.75, 3.05) is 11.9 Å². The standard InChI is InChI=1S/C21H18ClN3/c1-14-9-18(15-5-4-6-17(22)10-15)19-11-16(7-8-20(19)25(14)3)21-12-23-13-24(21)2/h4-13H,1H2,2-3H3. The van der Waals surface area contributed by atoms with E-state index in [1.54, 1.807) is 0 Å². The number of hydrogen-bond acceptors (Lipinski definition) is 2. The van der Waals surface area contributed by atoms with E-state index in [9.17, 15) is 0 Å². The van der Waals surface area contributed by atoms with Crippen molar-refractivity contribution in [2.45, 2.75) is 0 Å². The van der Waals surface area contributed by atoms with Gasteiger partial charge >= 0.3 is 0 Å². The van der Waals surface area contributed by atoms with E-state index in [0.717, 1.165) is 44.4 Å². The Labute approximate surface area is 152 Å². The van der Waals surface area contributed by atoms with E-state index in [2.05, 4.69) is 46.8 Å². The number of aryl methyl sites for hydroxylation is 1. The smallest absolute Gasteiger partial charge is 0.0948 e. The molecule has 25 heavy (non-hydrogen) atoms. The van der Waals surface area contributed by atoms with Crippen LogP contribution >= 0.6 is 11.6 Å². The molecule has 0 saturated carbocycles. The molecule has 3 aromatic rings. The molecule has 2 aromatic carbocycles. The number of likely N-dealkylation sites (N-methyl/N-ethyl adjacent to an activating group) is 1. The summed E-state index contributed by atoms with van der Waals surface area (Å²) in [6, 6.07) is 14.4. The SMILES string of the molecule is C=C1C=C(c2cccc(Cl)c2)c2cc(-c3cncn3C)ccc2N1C. The van der Waals surface area contributed by atoms with Crippen LogP contribution in [0.1, 0.15) is 11.1 Å². The zero-order valence-corrected chi connectivity index (χ0v) is 15.0. The van der Waals surface area contributed by atoms with Crippen molar-refractivity contribution in [3.63, 3.8) is 0 Å². The predicted molar refractivity (Wildman–Crippen MR) is 105 cm³/mol. The fourth-order valence-corrected chi connectivity index (χ4v) is 3.42. The Morgan fingerprint density at radius 1 is 1.04 bits per heavy atom. The minimum atomic E-state index is 0.729. The van der Waals surface area contributed by atoms with Crippen LogP contribution in [0.15, 0.2) is 73.3 Å². The normalized spacial score (nSPS) is 13.6. The van der Waals surface area contributed by atoms with Crippen LogP contribution in [0.25, 0.3) is 16.8 Å². The van der Waals surface area contributed by atoms with Crippen LogP contribution in [0.4, 0.5) is 5.69 Å². The zero-order valence-electron chi connectivity index (χ0n) is 14.2. The van der Waals surface area contributed by atoms with E-state index >= 15 is 0 Å². The van der Waals surface area contributed by atoms with Gasteiger partial charge in [-0.2, -0.15) is 0 Å². The molecule has 0 fully saturated rings. The van der Waals surface area contributed by atoms with Gasteiger partial charge in [-0.1, -0.05) is 36.4 Å². The predicted octanol–water partition coefficient (Wildman–Crippen LogP) is 5.14. The number of benzene rings is 2. The number of halogens is 1. The second-order valence-electron chi connectivity index (χ2n) is 6.24. The van der Waals surface area contributed by atoms with Gasteiger partial charge in [-0.15, -0.1) is 0 Å². The van der Waals surface area contributed by atoms with Crippen LogP contribution in [-0.2, 0) is 7.05 Å². The quantitative estimate of drug-likeness (QED) is 0.640. The largest absolute Gasteiger partial charge is 0.345 e. The van der Waals surface area contributed by atoms with Crippen LogP contribution in [0.5, 0.6) is 0 Å². The Bertz CT molecular complexity index is 1010. The second-order valence-corrected chi connectivity index (χ2v) is 6.68. The first kappa shape index (κ1) is 15.7. The summed E-state index contributed by atoms with van der Waals surface area (Å²) in [5.41, 5.74) is 7.68. The molecule has 1 aliphatic rings. The Hall–Kier alpha value is -2.78. The fraction of sp³-hybridized carbons (Fsp3) is 0.0952. The molecule has 0 amide bonds. The minimum Gasteiger partial charge on any atom is -0.345 e. The fourth-order valence-electron chi connectivity index (χ4n) is 3.23. The lowest BCUT2D eigenvalue weighted by Crippen LogP contribution is -2.19. The van der Waals surface area contributed by atoms with Crippen LogP contribution in [0.2, 0.25) is 5.02 Å². The number of allylic oxidation sites excluding steroid dienone is 1. The van der Waals surface area contributed by atoms with Crippen LogP contribution in [-0.4, -0.2) is 16.6 Å². The summed E-state index contributed by atoms with van der Waals surface area (Å²) < 4.78 is 2.02. The first-order valence-corrected chi connectivity index (χ1v) is 8.44. The van der Waals surface area contributed by atoms with Gasteiger partial charge in [0.2, 0.25) is 0 Å². The Kier molecular flexibility index (Phi) is 3.74. The van der Waals surface area contributed by atoms with Gasteiger partial charge in [0.1, 0.15) is 0 Å². The van der Waals surface area contributed by atoms with E-state index < -0.39 is 0 Å². The van der Waals surface area contributed by atoms with Crippen LogP contribution < -0.4 is 4.90 Å². The molecule has 4 heteroatoms. The van der Waals surface area contributed by atoms with E-state index in [0.29, 0.717) is 0 Å². The first-order valence-electron chi connectivity index (χ1n) is 8.06. The molecule has 0 N–H and O–H groups in total. The molecule has 1 aromatic heterocycles. The molecule has 0 atom stereocenters. The monoisotopic (exact) mass is 347 g/mol. The molecular formula is C21H18ClN3. The molecule has 1 aliphatic heterocycles. The molecule has 4 rings (SSSR count). The number of anilines is 1. The highest BCUT2D eigenvalue weighted by Gasteiger charge is 2.21. The molecule has 0 bridgehead atoms. The van der Waals surface area contributed by atoms with Crippen molar-refractivity contribution in [3.05, 3.63) is 89.5 Å². The van der Waals surface area contributed by atoms with Gasteiger partial charge in [0, 0.05) is 41.6 Å². The number of imidazole rings is 1. The zero-order chi connectivity index (χ0) is 17.6. The van der Waals surface area contributed by atoms with Gasteiger partial charge in [0.05, 0.1) is 18.2 Å². The van der Waals surface area contributed by atoms with Crippen LogP contribution in [0.3, 0.4) is 0 Å². The summed E-state index contributed by atoms with van der Waals surface area (Å²) in [4.78, 5) is 6.34. The average molecular weight is 348 g/mol. The minimum absolute atomic E-state index is 0.729. The van der Waals surface area contributed by atoms with E-state index in [4.69, 9.17) is 11.6 Å². The second kappa shape index (κ2) is 5.94. The lowest BCUT2D eigenvalue weighted by molar-refractivity contribution is 0.921. The third-order valence-corrected chi connectivity index (χ3v) is 4.87. The molecule has 0 unspecified atom stereocenters. The average Bonchev–Trinajstić information content (AvgIpc) is 3.03. The summed E-state index contributed by atoms with van der Waals surface area (Å²) >= 11 is 6.22. The van der Waals surface area contributed by atoms with Crippen molar-refractivity contribution in [1.29, 1.82) is 0 Å². The molecule has 0 radical (unpaired) electrons. The summed E-state index contributed by atoms with van der Waals surface area (Å²) in [6.07, 6.45) is 5.81. The lowest BCUT2D eigenvalue weighted by Gasteiger charge is -2.30. The van der Waals surface area contributed by atoms with Crippen LogP contribution in [0, 0.1) is 0 Å². The number of hydrogen-bond donors (Lipinski definition) is 0. The number of nitrogens with zero attached hydrogens (tertiary/aromatic N) is 3. The molecule has 0 aliphatic carbocycles. The maximum atomic E-state index is 6.22. The number of rotatable bonds is 2. The first-order chi connectivity index (χ1) is 12.0. The molecule has 0 saturated heterocycles. The highest BCUT2D eigenvalue weighted by atomic mass is 35.5. The summed E-state index contributed by atoms with van der Waals surface area (Å²) in [5.74, 6) is 0. The lowest BCUT2D eigenvalue weighted by atomic mass is 9.90. The summed E-state index contributed by atoms with van der Waals surface area (Å²) in [7, 11) is 4.04. The molecular weight excluding hydrogens is 330 g/mol. The maximum Gasteiger partial charge on any atom is 0.0948 e. The maximum absolute atomic E-state index is 6.22. The van der Waals surface area contributed by atoms with Gasteiger partial charge in [0.25, 0.3) is 0 Å². The topological polar surface area (TPSA) is 21.1 Å². The van der Waals surface area contributed by atoms with Crippen molar-refractivity contribution < 1.29 is 0 Å². The Balaban J connectivity index is 1.92. The Morgan fingerprint density at radius 2 is 1.88 bits per heavy atom. The summed E-state index contributed by atoms with van der Waals surface area (Å²) in [5, 5.41) is 0.729. The molecule has 3 nitrogen and oxygen atoms in total. The van der Waals surface area contributed by atoms with E-state index in [1.165, 1.54) is 0 Å². The highest BCUT2D eigenvalue weighted by molar-refractivity contribution is 6.30. The van der Waals surface area contributed by atoms with Crippen molar-refractivity contribution in [3.8, 4) is 11.3 Å². The van der Waals surface area contributed by atoms with E-state index in [1.807, 2.05) is 49.4 Å². The van der Waals surface area contributed by atoms with Crippen molar-refractivity contribution in [1.82, 2.24) is 9.55 Å². The number of aromatic nitrogens is 2. The van der Waals surface area contributed by atoms with Gasteiger partial charge in [-0.25, -0.2) is 4.98 Å². The van der Waals surface area contributed by atoms with Gasteiger partial charge in [0.15, 0.2) is 0 Å². The third-order valence-electron chi connectivity index (χ3n) is 4.64. The van der Waals surface area contributed by atoms with Crippen molar-refractivity contribution in [2.24, 2.45) is 7.05 Å². The highest BCUT2D eigenvalue weighted by Crippen LogP contribution is 2.40. The molecule has 0 spiro atoms. The number of fused-ring (bicyclic) bond motifs is 1. The third kappa shape index (κ3) is 2.67. The molecule has 124 valence electrons. The van der Waals surface area contributed by atoms with E-state index in [-0.39, 0.29) is 0 Å². The van der Waals surface area contributed by atoms with Gasteiger partial charge in [-0.3, -0.25) is 0 Å². The van der Waals surface area contributed by atoms with Gasteiger partial charge in [-0.05, 0) is 41.5 Å². The summed E-state index contributed by atoms with van der Waals surface area (Å²) in [6.45, 7) is 4.18. The molecule has 2 heterocycles. The Morgan fingerprint density at radius 3 is 2.60 bits per heavy atom. The van der Waals surface area contributed by atoms with Gasteiger partial charge < -0.3 is 9.47 Å².